The Bertz CT molecular complexity index is 491. The molecule has 0 atom stereocenters. The lowest BCUT2D eigenvalue weighted by molar-refractivity contribution is 0.627. The molecule has 0 radical (unpaired) electrons. The van der Waals surface area contributed by atoms with Gasteiger partial charge >= 0.3 is 0 Å². The van der Waals surface area contributed by atoms with E-state index < -0.39 is 0 Å². The van der Waals surface area contributed by atoms with E-state index >= 15 is 0 Å². The molecular weight excluding hydrogens is 205 g/mol. The highest BCUT2D eigenvalue weighted by atomic mass is 19.1. The molecule has 1 aromatic heterocycles. The summed E-state index contributed by atoms with van der Waals surface area (Å²) in [7, 11) is 3.68. The zero-order chi connectivity index (χ0) is 11.5. The van der Waals surface area contributed by atoms with Gasteiger partial charge in [0.05, 0.1) is 11.9 Å². The van der Waals surface area contributed by atoms with Crippen LogP contribution < -0.4 is 5.32 Å². The molecule has 0 saturated carbocycles. The third-order valence-corrected chi connectivity index (χ3v) is 2.51. The summed E-state index contributed by atoms with van der Waals surface area (Å²) in [6, 6.07) is 6.75. The normalized spacial score (nSPS) is 10.7. The van der Waals surface area contributed by atoms with E-state index in [2.05, 4.69) is 10.4 Å². The molecule has 0 aliphatic heterocycles. The van der Waals surface area contributed by atoms with Crippen LogP contribution in [0.1, 0.15) is 5.56 Å². The summed E-state index contributed by atoms with van der Waals surface area (Å²) in [4.78, 5) is 0. The van der Waals surface area contributed by atoms with Crippen molar-refractivity contribution in [3.05, 3.63) is 41.8 Å². The van der Waals surface area contributed by atoms with E-state index in [4.69, 9.17) is 0 Å². The molecule has 0 fully saturated rings. The lowest BCUT2D eigenvalue weighted by atomic mass is 10.1. The highest BCUT2D eigenvalue weighted by molar-refractivity contribution is 5.63. The van der Waals surface area contributed by atoms with E-state index in [-0.39, 0.29) is 5.82 Å². The van der Waals surface area contributed by atoms with Gasteiger partial charge in [-0.05, 0) is 19.2 Å². The van der Waals surface area contributed by atoms with Gasteiger partial charge in [0.2, 0.25) is 0 Å². The van der Waals surface area contributed by atoms with Crippen LogP contribution in [-0.4, -0.2) is 16.8 Å². The van der Waals surface area contributed by atoms with Crippen molar-refractivity contribution in [3.63, 3.8) is 0 Å². The van der Waals surface area contributed by atoms with Gasteiger partial charge in [-0.25, -0.2) is 4.39 Å². The molecule has 3 nitrogen and oxygen atoms in total. The maximum Gasteiger partial charge on any atom is 0.132 e. The van der Waals surface area contributed by atoms with E-state index in [1.807, 2.05) is 20.2 Å². The van der Waals surface area contributed by atoms with Crippen LogP contribution in [0.15, 0.2) is 30.5 Å². The van der Waals surface area contributed by atoms with Crippen molar-refractivity contribution >= 4 is 0 Å². The van der Waals surface area contributed by atoms with Gasteiger partial charge in [-0.3, -0.25) is 4.68 Å². The maximum atomic E-state index is 13.7. The average Bonchev–Trinajstić information content (AvgIpc) is 2.62. The molecule has 0 bridgehead atoms. The zero-order valence-electron chi connectivity index (χ0n) is 9.37. The van der Waals surface area contributed by atoms with Gasteiger partial charge in [-0.2, -0.15) is 5.10 Å². The summed E-state index contributed by atoms with van der Waals surface area (Å²) in [5.74, 6) is -0.219. The van der Waals surface area contributed by atoms with Crippen LogP contribution >= 0.6 is 0 Å². The van der Waals surface area contributed by atoms with Crippen molar-refractivity contribution < 1.29 is 4.39 Å². The highest BCUT2D eigenvalue weighted by Gasteiger charge is 2.13. The van der Waals surface area contributed by atoms with Crippen LogP contribution in [0.4, 0.5) is 4.39 Å². The van der Waals surface area contributed by atoms with Crippen molar-refractivity contribution in [1.29, 1.82) is 0 Å². The maximum absolute atomic E-state index is 13.7. The molecule has 2 rings (SSSR count). The molecule has 0 spiro atoms. The SMILES string of the molecule is CNCc1cnn(C)c1-c1ccccc1F. The highest BCUT2D eigenvalue weighted by Crippen LogP contribution is 2.25. The number of halogens is 1. The van der Waals surface area contributed by atoms with Crippen LogP contribution in [0.5, 0.6) is 0 Å². The Hall–Kier alpha value is -1.68. The van der Waals surface area contributed by atoms with E-state index in [0.717, 1.165) is 11.3 Å². The molecule has 84 valence electrons. The molecule has 16 heavy (non-hydrogen) atoms. The fourth-order valence-electron chi connectivity index (χ4n) is 1.80. The molecule has 4 heteroatoms. The Morgan fingerprint density at radius 2 is 2.12 bits per heavy atom. The predicted octanol–water partition coefficient (Wildman–Crippen LogP) is 1.95. The Balaban J connectivity index is 2.54. The number of rotatable bonds is 3. The second-order valence-electron chi connectivity index (χ2n) is 3.65. The molecule has 1 aromatic carbocycles. The predicted molar refractivity (Wildman–Crippen MR) is 61.4 cm³/mol. The first-order valence-corrected chi connectivity index (χ1v) is 5.14. The van der Waals surface area contributed by atoms with Crippen molar-refractivity contribution in [1.82, 2.24) is 15.1 Å². The summed E-state index contributed by atoms with van der Waals surface area (Å²) in [6.07, 6.45) is 1.76. The summed E-state index contributed by atoms with van der Waals surface area (Å²) >= 11 is 0. The molecular formula is C12H14FN3. The lowest BCUT2D eigenvalue weighted by Gasteiger charge is -2.07. The zero-order valence-corrected chi connectivity index (χ0v) is 9.37. The van der Waals surface area contributed by atoms with Gasteiger partial charge in [0, 0.05) is 24.7 Å². The number of hydrogen-bond acceptors (Lipinski definition) is 2. The first-order chi connectivity index (χ1) is 7.74. The standard InChI is InChI=1S/C12H14FN3/c1-14-7-9-8-15-16(2)12(9)10-5-3-4-6-11(10)13/h3-6,8,14H,7H2,1-2H3. The smallest absolute Gasteiger partial charge is 0.132 e. The van der Waals surface area contributed by atoms with Gasteiger partial charge in [-0.15, -0.1) is 0 Å². The van der Waals surface area contributed by atoms with Crippen LogP contribution in [-0.2, 0) is 13.6 Å². The second kappa shape index (κ2) is 4.45. The lowest BCUT2D eigenvalue weighted by Crippen LogP contribution is -2.06. The van der Waals surface area contributed by atoms with Crippen molar-refractivity contribution in [2.45, 2.75) is 6.54 Å². The molecule has 1 heterocycles. The number of aromatic nitrogens is 2. The molecule has 0 aliphatic carbocycles. The Kier molecular flexibility index (Phi) is 3.01. The summed E-state index contributed by atoms with van der Waals surface area (Å²) in [5.41, 5.74) is 2.41. The molecule has 0 aliphatic rings. The molecule has 1 N–H and O–H groups in total. The minimum absolute atomic E-state index is 0.219. The first kappa shape index (κ1) is 10.8. The van der Waals surface area contributed by atoms with E-state index in [0.29, 0.717) is 12.1 Å². The average molecular weight is 219 g/mol. The largest absolute Gasteiger partial charge is 0.316 e. The van der Waals surface area contributed by atoms with Gasteiger partial charge in [-0.1, -0.05) is 12.1 Å². The third kappa shape index (κ3) is 1.84. The summed E-state index contributed by atoms with van der Waals surface area (Å²) in [6.45, 7) is 0.678. The van der Waals surface area contributed by atoms with Crippen LogP contribution in [0.2, 0.25) is 0 Å². The number of hydrogen-bond donors (Lipinski definition) is 1. The molecule has 0 saturated heterocycles. The van der Waals surface area contributed by atoms with Gasteiger partial charge in [0.25, 0.3) is 0 Å². The quantitative estimate of drug-likeness (QED) is 0.855. The van der Waals surface area contributed by atoms with Gasteiger partial charge in [0.1, 0.15) is 5.82 Å². The Labute approximate surface area is 93.9 Å². The van der Waals surface area contributed by atoms with E-state index in [9.17, 15) is 4.39 Å². The monoisotopic (exact) mass is 219 g/mol. The first-order valence-electron chi connectivity index (χ1n) is 5.14. The van der Waals surface area contributed by atoms with Crippen LogP contribution in [0.25, 0.3) is 11.3 Å². The van der Waals surface area contributed by atoms with Crippen molar-refractivity contribution in [3.8, 4) is 11.3 Å². The third-order valence-electron chi connectivity index (χ3n) is 2.51. The topological polar surface area (TPSA) is 29.9 Å². The van der Waals surface area contributed by atoms with E-state index in [1.54, 1.807) is 23.0 Å². The Morgan fingerprint density at radius 1 is 1.38 bits per heavy atom. The minimum atomic E-state index is -0.219. The number of nitrogens with zero attached hydrogens (tertiary/aromatic N) is 2. The van der Waals surface area contributed by atoms with Crippen molar-refractivity contribution in [2.75, 3.05) is 7.05 Å². The minimum Gasteiger partial charge on any atom is -0.316 e. The van der Waals surface area contributed by atoms with Gasteiger partial charge in [0.15, 0.2) is 0 Å². The molecule has 0 unspecified atom stereocenters. The molecule has 2 aromatic rings. The van der Waals surface area contributed by atoms with Gasteiger partial charge < -0.3 is 5.32 Å². The Morgan fingerprint density at radius 3 is 2.81 bits per heavy atom. The fraction of sp³-hybridized carbons (Fsp3) is 0.250. The van der Waals surface area contributed by atoms with Crippen LogP contribution in [0.3, 0.4) is 0 Å². The summed E-state index contributed by atoms with van der Waals surface area (Å²) < 4.78 is 15.4. The van der Waals surface area contributed by atoms with Crippen LogP contribution in [0, 0.1) is 5.82 Å². The molecule has 0 amide bonds. The number of aryl methyl sites for hydroxylation is 1. The fourth-order valence-corrected chi connectivity index (χ4v) is 1.80. The number of nitrogens with one attached hydrogen (secondary N) is 1. The second-order valence-corrected chi connectivity index (χ2v) is 3.65. The van der Waals surface area contributed by atoms with E-state index in [1.165, 1.54) is 6.07 Å². The van der Waals surface area contributed by atoms with Crippen molar-refractivity contribution in [2.24, 2.45) is 7.05 Å². The summed E-state index contributed by atoms with van der Waals surface area (Å²) in [5, 5.41) is 7.21. The number of benzene rings is 1.